The van der Waals surface area contributed by atoms with Crippen molar-refractivity contribution in [2.45, 2.75) is 63.1 Å². The summed E-state index contributed by atoms with van der Waals surface area (Å²) in [6.45, 7) is 5.87. The number of nitrogens with zero attached hydrogens (tertiary/aromatic N) is 3. The second-order valence-electron chi connectivity index (χ2n) is 7.07. The first-order chi connectivity index (χ1) is 9.18. The van der Waals surface area contributed by atoms with Gasteiger partial charge >= 0.3 is 0 Å². The lowest BCUT2D eigenvalue weighted by Crippen LogP contribution is -2.29. The van der Waals surface area contributed by atoms with E-state index in [1.807, 2.05) is 20.8 Å². The van der Waals surface area contributed by atoms with E-state index in [4.69, 9.17) is 10.7 Å². The average molecular weight is 318 g/mol. The van der Waals surface area contributed by atoms with Crippen LogP contribution in [-0.2, 0) is 14.6 Å². The van der Waals surface area contributed by atoms with Gasteiger partial charge in [0, 0.05) is 22.1 Å². The van der Waals surface area contributed by atoms with E-state index in [1.165, 1.54) is 19.3 Å². The fourth-order valence-corrected chi connectivity index (χ4v) is 4.89. The zero-order valence-electron chi connectivity index (χ0n) is 12.0. The van der Waals surface area contributed by atoms with E-state index in [0.717, 1.165) is 18.2 Å². The monoisotopic (exact) mass is 317 g/mol. The van der Waals surface area contributed by atoms with E-state index in [2.05, 4.69) is 10.2 Å². The van der Waals surface area contributed by atoms with Crippen LogP contribution in [0.15, 0.2) is 5.16 Å². The van der Waals surface area contributed by atoms with Gasteiger partial charge in [0.1, 0.15) is 5.82 Å². The van der Waals surface area contributed by atoms with Gasteiger partial charge in [-0.2, -0.15) is 0 Å². The number of fused-ring (bicyclic) bond motifs is 2. The van der Waals surface area contributed by atoms with Gasteiger partial charge in [-0.05, 0) is 51.9 Å². The molecule has 1 heterocycles. The first-order valence-electron chi connectivity index (χ1n) is 7.08. The Bertz CT molecular complexity index is 633. The highest BCUT2D eigenvalue weighted by atomic mass is 35.7. The second-order valence-corrected chi connectivity index (χ2v) is 9.53. The predicted octanol–water partition coefficient (Wildman–Crippen LogP) is 2.86. The highest BCUT2D eigenvalue weighted by molar-refractivity contribution is 8.13. The molecule has 3 unspecified atom stereocenters. The van der Waals surface area contributed by atoms with Gasteiger partial charge in [-0.1, -0.05) is 6.42 Å². The topological polar surface area (TPSA) is 64.8 Å². The van der Waals surface area contributed by atoms with E-state index in [1.54, 1.807) is 4.57 Å². The van der Waals surface area contributed by atoms with Crippen molar-refractivity contribution in [3.05, 3.63) is 5.82 Å². The lowest BCUT2D eigenvalue weighted by Gasteiger charge is -2.28. The van der Waals surface area contributed by atoms with E-state index in [-0.39, 0.29) is 5.16 Å². The minimum absolute atomic E-state index is 0.121. The van der Waals surface area contributed by atoms with Gasteiger partial charge in [0.2, 0.25) is 0 Å². The molecule has 2 saturated carbocycles. The molecule has 0 N–H and O–H groups in total. The van der Waals surface area contributed by atoms with Crippen LogP contribution in [0, 0.1) is 11.8 Å². The highest BCUT2D eigenvalue weighted by Gasteiger charge is 2.44. The summed E-state index contributed by atoms with van der Waals surface area (Å²) in [4.78, 5) is 0. The third-order valence-corrected chi connectivity index (χ3v) is 5.73. The van der Waals surface area contributed by atoms with Crippen LogP contribution in [0.2, 0.25) is 0 Å². The number of hydrogen-bond donors (Lipinski definition) is 0. The summed E-state index contributed by atoms with van der Waals surface area (Å²) in [5, 5.41) is 7.95. The van der Waals surface area contributed by atoms with Crippen LogP contribution < -0.4 is 0 Å². The molecule has 1 aromatic rings. The highest BCUT2D eigenvalue weighted by Crippen LogP contribution is 2.53. The smallest absolute Gasteiger partial charge is 0.295 e. The molecule has 20 heavy (non-hydrogen) atoms. The molecule has 0 amide bonds. The third kappa shape index (κ3) is 2.26. The van der Waals surface area contributed by atoms with E-state index in [9.17, 15) is 8.42 Å². The lowest BCUT2D eigenvalue weighted by molar-refractivity contribution is 0.316. The van der Waals surface area contributed by atoms with E-state index >= 15 is 0 Å². The average Bonchev–Trinajstić information content (AvgIpc) is 3.00. The minimum atomic E-state index is -3.88. The van der Waals surface area contributed by atoms with Crippen LogP contribution in [0.3, 0.4) is 0 Å². The molecule has 3 atom stereocenters. The van der Waals surface area contributed by atoms with Crippen LogP contribution >= 0.6 is 10.7 Å². The quantitative estimate of drug-likeness (QED) is 0.787. The Balaban J connectivity index is 2.10. The van der Waals surface area contributed by atoms with Gasteiger partial charge in [-0.3, -0.25) is 4.57 Å². The van der Waals surface area contributed by atoms with Crippen molar-refractivity contribution in [1.29, 1.82) is 0 Å². The number of hydrogen-bond acceptors (Lipinski definition) is 4. The maximum Gasteiger partial charge on any atom is 0.296 e. The standard InChI is InChI=1S/C13H20ClN3O2S/c1-13(2,3)17-11(15-16-12(17)20(14,18)19)10-7-8-4-5-9(10)6-8/h8-10H,4-7H2,1-3H3. The van der Waals surface area contributed by atoms with Crippen molar-refractivity contribution in [3.63, 3.8) is 0 Å². The molecule has 112 valence electrons. The van der Waals surface area contributed by atoms with Crippen LogP contribution in [0.5, 0.6) is 0 Å². The molecule has 5 nitrogen and oxygen atoms in total. The van der Waals surface area contributed by atoms with Crippen LogP contribution in [-0.4, -0.2) is 23.2 Å². The summed E-state index contributed by atoms with van der Waals surface area (Å²) in [5.41, 5.74) is -0.405. The Kier molecular flexibility index (Phi) is 3.18. The molecule has 0 radical (unpaired) electrons. The Morgan fingerprint density at radius 1 is 1.20 bits per heavy atom. The molecule has 2 aliphatic rings. The van der Waals surface area contributed by atoms with E-state index in [0.29, 0.717) is 11.8 Å². The van der Waals surface area contributed by atoms with Gasteiger partial charge in [0.15, 0.2) is 0 Å². The summed E-state index contributed by atoms with van der Waals surface area (Å²) < 4.78 is 25.2. The van der Waals surface area contributed by atoms with Gasteiger partial charge in [-0.25, -0.2) is 8.42 Å². The van der Waals surface area contributed by atoms with Crippen LogP contribution in [0.1, 0.15) is 58.2 Å². The van der Waals surface area contributed by atoms with Crippen molar-refractivity contribution < 1.29 is 8.42 Å². The van der Waals surface area contributed by atoms with Gasteiger partial charge in [0.05, 0.1) is 0 Å². The molecule has 2 fully saturated rings. The molecule has 3 rings (SSSR count). The SMILES string of the molecule is CC(C)(C)n1c(C2CC3CCC2C3)nnc1S(=O)(=O)Cl. The number of halogens is 1. The fourth-order valence-electron chi connectivity index (χ4n) is 3.87. The second kappa shape index (κ2) is 4.44. The van der Waals surface area contributed by atoms with Crippen LogP contribution in [0.4, 0.5) is 0 Å². The van der Waals surface area contributed by atoms with Crippen molar-refractivity contribution in [1.82, 2.24) is 14.8 Å². The molecular weight excluding hydrogens is 298 g/mol. The molecule has 7 heteroatoms. The summed E-state index contributed by atoms with van der Waals surface area (Å²) >= 11 is 0. The number of aromatic nitrogens is 3. The maximum atomic E-state index is 11.7. The van der Waals surface area contributed by atoms with Crippen LogP contribution in [0.25, 0.3) is 0 Å². The van der Waals surface area contributed by atoms with Crippen molar-refractivity contribution in [2.75, 3.05) is 0 Å². The molecule has 1 aromatic heterocycles. The molecule has 0 aromatic carbocycles. The van der Waals surface area contributed by atoms with Gasteiger partial charge in [0.25, 0.3) is 14.2 Å². The van der Waals surface area contributed by atoms with E-state index < -0.39 is 14.6 Å². The fraction of sp³-hybridized carbons (Fsp3) is 0.846. The summed E-state index contributed by atoms with van der Waals surface area (Å²) in [6, 6.07) is 0. The predicted molar refractivity (Wildman–Crippen MR) is 76.2 cm³/mol. The van der Waals surface area contributed by atoms with Gasteiger partial charge < -0.3 is 0 Å². The zero-order chi connectivity index (χ0) is 14.7. The zero-order valence-corrected chi connectivity index (χ0v) is 13.6. The van der Waals surface area contributed by atoms with Crippen molar-refractivity contribution >= 4 is 19.7 Å². The Labute approximate surface area is 124 Å². The Morgan fingerprint density at radius 2 is 1.90 bits per heavy atom. The largest absolute Gasteiger partial charge is 0.296 e. The first kappa shape index (κ1) is 14.3. The van der Waals surface area contributed by atoms with Crippen molar-refractivity contribution in [3.8, 4) is 0 Å². The third-order valence-electron chi connectivity index (χ3n) is 4.62. The molecule has 2 bridgehead atoms. The molecule has 0 aliphatic heterocycles. The Morgan fingerprint density at radius 3 is 2.35 bits per heavy atom. The summed E-state index contributed by atoms with van der Waals surface area (Å²) in [5.74, 6) is 2.51. The van der Waals surface area contributed by atoms with Crippen molar-refractivity contribution in [2.24, 2.45) is 11.8 Å². The minimum Gasteiger partial charge on any atom is -0.295 e. The summed E-state index contributed by atoms with van der Waals surface area (Å²) in [7, 11) is 1.64. The Hall–Kier alpha value is -0.620. The normalized spacial score (nSPS) is 30.1. The molecular formula is C13H20ClN3O2S. The maximum absolute atomic E-state index is 11.7. The molecule has 2 aliphatic carbocycles. The molecule has 0 spiro atoms. The molecule has 0 saturated heterocycles. The number of rotatable bonds is 2. The lowest BCUT2D eigenvalue weighted by atomic mass is 9.87. The first-order valence-corrected chi connectivity index (χ1v) is 9.39. The van der Waals surface area contributed by atoms with Gasteiger partial charge in [-0.15, -0.1) is 10.2 Å². The summed E-state index contributed by atoms with van der Waals surface area (Å²) in [6.07, 6.45) is 4.85.